The molecule has 2 N–H and O–H groups in total. The van der Waals surface area contributed by atoms with Gasteiger partial charge in [-0.25, -0.2) is 9.59 Å². The second-order valence-corrected chi connectivity index (χ2v) is 10.0. The zero-order valence-corrected chi connectivity index (χ0v) is 20.9. The number of hydrogen-bond acceptors (Lipinski definition) is 8. The van der Waals surface area contributed by atoms with Gasteiger partial charge in [-0.05, 0) is 43.7 Å². The first kappa shape index (κ1) is 23.9. The Bertz CT molecular complexity index is 1360. The Hall–Kier alpha value is -3.50. The summed E-state index contributed by atoms with van der Waals surface area (Å²) in [4.78, 5) is 26.9. The molecule has 2 aromatic carbocycles. The molecule has 4 heterocycles. The number of nitrogens with zero attached hydrogens (tertiary/aromatic N) is 3. The number of piperidine rings is 1. The number of hydrogen-bond donors (Lipinski definition) is 1. The number of carbonyl (C=O) groups is 1. The highest BCUT2D eigenvalue weighted by atomic mass is 35.5. The Balaban J connectivity index is 1.24. The van der Waals surface area contributed by atoms with Gasteiger partial charge in [-0.2, -0.15) is 4.68 Å². The van der Waals surface area contributed by atoms with Gasteiger partial charge in [0.2, 0.25) is 5.75 Å². The van der Waals surface area contributed by atoms with Crippen LogP contribution in [0.15, 0.2) is 45.6 Å². The van der Waals surface area contributed by atoms with Crippen LogP contribution in [-0.2, 0) is 6.42 Å². The van der Waals surface area contributed by atoms with Crippen molar-refractivity contribution in [3.63, 3.8) is 0 Å². The van der Waals surface area contributed by atoms with Gasteiger partial charge in [0.1, 0.15) is 13.2 Å². The quantitative estimate of drug-likeness (QED) is 0.514. The van der Waals surface area contributed by atoms with Crippen molar-refractivity contribution in [1.29, 1.82) is 0 Å². The molecule has 0 aliphatic carbocycles. The molecule has 3 aromatic rings. The van der Waals surface area contributed by atoms with Crippen molar-refractivity contribution >= 4 is 17.7 Å². The number of halogens is 1. The molecule has 2 saturated heterocycles. The lowest BCUT2D eigenvalue weighted by Crippen LogP contribution is -2.45. The van der Waals surface area contributed by atoms with Gasteiger partial charge in [-0.15, -0.1) is 5.10 Å². The summed E-state index contributed by atoms with van der Waals surface area (Å²) in [5, 5.41) is 4.61. The summed E-state index contributed by atoms with van der Waals surface area (Å²) in [5.41, 5.74) is 6.85. The first-order chi connectivity index (χ1) is 18.0. The maximum Gasteiger partial charge on any atom is 0.437 e. The number of carbonyl (C=O) groups excluding carboxylic acids is 1. The van der Waals surface area contributed by atoms with Crippen LogP contribution in [0.1, 0.15) is 37.3 Å². The monoisotopic (exact) mass is 526 g/mol. The fourth-order valence-electron chi connectivity index (χ4n) is 5.85. The molecule has 1 amide bonds. The summed E-state index contributed by atoms with van der Waals surface area (Å²) in [6, 6.07) is 12.7. The Labute approximate surface area is 217 Å². The van der Waals surface area contributed by atoms with Crippen molar-refractivity contribution in [2.45, 2.75) is 50.2 Å². The van der Waals surface area contributed by atoms with Gasteiger partial charge in [-0.1, -0.05) is 41.9 Å². The average Bonchev–Trinajstić information content (AvgIpc) is 3.39. The Kier molecular flexibility index (Phi) is 6.29. The zero-order valence-electron chi connectivity index (χ0n) is 20.1. The van der Waals surface area contributed by atoms with Crippen LogP contribution < -0.4 is 25.7 Å². The minimum absolute atomic E-state index is 0.0474. The molecular weight excluding hydrogens is 500 g/mol. The first-order valence-electron chi connectivity index (χ1n) is 12.5. The number of amides is 1. The van der Waals surface area contributed by atoms with Crippen LogP contribution in [0.2, 0.25) is 5.02 Å². The first-order valence-corrected chi connectivity index (χ1v) is 12.8. The fourth-order valence-corrected chi connectivity index (χ4v) is 6.08. The highest BCUT2D eigenvalue weighted by molar-refractivity contribution is 6.33. The number of aromatic nitrogens is 2. The van der Waals surface area contributed by atoms with Gasteiger partial charge in [0.15, 0.2) is 11.5 Å². The van der Waals surface area contributed by atoms with E-state index in [0.29, 0.717) is 17.6 Å². The van der Waals surface area contributed by atoms with Crippen LogP contribution in [0.5, 0.6) is 17.2 Å². The van der Waals surface area contributed by atoms with Gasteiger partial charge in [0, 0.05) is 18.6 Å². The molecule has 0 radical (unpaired) electrons. The minimum atomic E-state index is -1.04. The van der Waals surface area contributed by atoms with Gasteiger partial charge < -0.3 is 24.4 Å². The molecule has 3 aliphatic rings. The molecule has 6 rings (SSSR count). The molecule has 2 fully saturated rings. The number of benzene rings is 2. The summed E-state index contributed by atoms with van der Waals surface area (Å²) >= 11 is 6.36. The number of rotatable bonds is 6. The molecule has 0 spiro atoms. The van der Waals surface area contributed by atoms with Crippen molar-refractivity contribution in [2.24, 2.45) is 5.73 Å². The number of nitrogens with two attached hydrogens (primary N) is 1. The van der Waals surface area contributed by atoms with Crippen LogP contribution >= 0.6 is 11.6 Å². The summed E-state index contributed by atoms with van der Waals surface area (Å²) in [6.07, 6.45) is 3.88. The molecule has 11 heteroatoms. The second kappa shape index (κ2) is 9.75. The van der Waals surface area contributed by atoms with Crippen LogP contribution in [0.4, 0.5) is 4.79 Å². The molecule has 2 atom stereocenters. The maximum absolute atomic E-state index is 12.9. The minimum Gasteiger partial charge on any atom is -0.485 e. The largest absolute Gasteiger partial charge is 0.485 e. The Morgan fingerprint density at radius 3 is 2.49 bits per heavy atom. The van der Waals surface area contributed by atoms with E-state index in [1.165, 1.54) is 16.3 Å². The zero-order chi connectivity index (χ0) is 25.5. The summed E-state index contributed by atoms with van der Waals surface area (Å²) in [7, 11) is 0. The highest BCUT2D eigenvalue weighted by Gasteiger charge is 2.42. The normalized spacial score (nSPS) is 22.7. The molecule has 2 unspecified atom stereocenters. The van der Waals surface area contributed by atoms with Crippen molar-refractivity contribution < 1.29 is 23.4 Å². The lowest BCUT2D eigenvalue weighted by molar-refractivity contribution is 0.101. The van der Waals surface area contributed by atoms with Crippen molar-refractivity contribution in [3.8, 4) is 28.7 Å². The summed E-state index contributed by atoms with van der Waals surface area (Å²) < 4.78 is 23.5. The molecule has 0 saturated carbocycles. The molecule has 37 heavy (non-hydrogen) atoms. The smallest absolute Gasteiger partial charge is 0.437 e. The van der Waals surface area contributed by atoms with Gasteiger partial charge >= 0.3 is 11.8 Å². The van der Waals surface area contributed by atoms with E-state index >= 15 is 0 Å². The molecule has 10 nitrogen and oxygen atoms in total. The molecular formula is C26H27ClN4O6. The summed E-state index contributed by atoms with van der Waals surface area (Å²) in [5.74, 6) is -0.159. The third-order valence-electron chi connectivity index (χ3n) is 7.43. The van der Waals surface area contributed by atoms with Crippen LogP contribution in [0, 0.1) is 0 Å². The highest BCUT2D eigenvalue weighted by Crippen LogP contribution is 2.50. The van der Waals surface area contributed by atoms with Crippen molar-refractivity contribution in [1.82, 2.24) is 14.7 Å². The van der Waals surface area contributed by atoms with Gasteiger partial charge in [0.05, 0.1) is 16.6 Å². The third kappa shape index (κ3) is 4.55. The van der Waals surface area contributed by atoms with Crippen molar-refractivity contribution in [2.75, 3.05) is 19.8 Å². The SMILES string of the molecule is NC(=O)Oc1c(Cl)cc(-c2nn(C3CC4CCC(C3)N4CCc3ccccc3)c(=O)o2)c2c1OCCO2. The van der Waals surface area contributed by atoms with E-state index in [9.17, 15) is 9.59 Å². The van der Waals surface area contributed by atoms with E-state index in [4.69, 9.17) is 36.0 Å². The van der Waals surface area contributed by atoms with Crippen LogP contribution in [0.25, 0.3) is 11.5 Å². The standard InChI is InChI=1S/C26H27ClN4O6/c27-20-14-19(21-23(35-11-10-34-21)22(20)36-25(28)32)24-29-31(26(33)37-24)18-12-16-6-7-17(13-18)30(16)9-8-15-4-2-1-3-5-15/h1-5,14,16-18H,6-13H2,(H2,28,32). The van der Waals surface area contributed by atoms with E-state index in [2.05, 4.69) is 34.3 Å². The van der Waals surface area contributed by atoms with Crippen molar-refractivity contribution in [3.05, 3.63) is 57.5 Å². The molecule has 3 aliphatic heterocycles. The van der Waals surface area contributed by atoms with E-state index in [0.717, 1.165) is 38.6 Å². The van der Waals surface area contributed by atoms with Crippen LogP contribution in [0.3, 0.4) is 0 Å². The number of primary amides is 1. The van der Waals surface area contributed by atoms with E-state index < -0.39 is 11.8 Å². The average molecular weight is 527 g/mol. The number of ether oxygens (including phenoxy) is 3. The lowest BCUT2D eigenvalue weighted by atomic mass is 9.97. The number of fused-ring (bicyclic) bond motifs is 3. The van der Waals surface area contributed by atoms with E-state index in [1.54, 1.807) is 0 Å². The third-order valence-corrected chi connectivity index (χ3v) is 7.71. The van der Waals surface area contributed by atoms with E-state index in [1.807, 2.05) is 6.07 Å². The van der Waals surface area contributed by atoms with Gasteiger partial charge in [-0.3, -0.25) is 4.90 Å². The lowest BCUT2D eigenvalue weighted by Gasteiger charge is -2.38. The Morgan fingerprint density at radius 1 is 1.08 bits per heavy atom. The molecule has 1 aromatic heterocycles. The topological polar surface area (TPSA) is 122 Å². The van der Waals surface area contributed by atoms with Crippen LogP contribution in [-0.4, -0.2) is 52.6 Å². The predicted octanol–water partition coefficient (Wildman–Crippen LogP) is 3.80. The van der Waals surface area contributed by atoms with E-state index in [-0.39, 0.29) is 47.4 Å². The molecule has 2 bridgehead atoms. The van der Waals surface area contributed by atoms with Gasteiger partial charge in [0.25, 0.3) is 5.89 Å². The predicted molar refractivity (Wildman–Crippen MR) is 134 cm³/mol. The second-order valence-electron chi connectivity index (χ2n) is 9.61. The fraction of sp³-hybridized carbons (Fsp3) is 0.423. The Morgan fingerprint density at radius 2 is 1.78 bits per heavy atom. The maximum atomic E-state index is 12.9. The summed E-state index contributed by atoms with van der Waals surface area (Å²) in [6.45, 7) is 1.49. The molecule has 194 valence electrons.